The van der Waals surface area contributed by atoms with Crippen molar-refractivity contribution in [1.29, 1.82) is 0 Å². The molecule has 15 heavy (non-hydrogen) atoms. The molecule has 2 heteroatoms. The van der Waals surface area contributed by atoms with Crippen molar-refractivity contribution in [3.63, 3.8) is 0 Å². The second kappa shape index (κ2) is 6.49. The van der Waals surface area contributed by atoms with Gasteiger partial charge in [0, 0.05) is 12.1 Å². The summed E-state index contributed by atoms with van der Waals surface area (Å²) in [6.45, 7) is 10.4. The van der Waals surface area contributed by atoms with Crippen molar-refractivity contribution >= 4 is 0 Å². The highest BCUT2D eigenvalue weighted by Gasteiger charge is 2.30. The van der Waals surface area contributed by atoms with Gasteiger partial charge >= 0.3 is 0 Å². The highest BCUT2D eigenvalue weighted by atomic mass is 15.2. The molecule has 0 heterocycles. The Morgan fingerprint density at radius 2 is 1.40 bits per heavy atom. The van der Waals surface area contributed by atoms with Gasteiger partial charge in [-0.15, -0.1) is 0 Å². The van der Waals surface area contributed by atoms with Crippen LogP contribution in [0.4, 0.5) is 0 Å². The summed E-state index contributed by atoms with van der Waals surface area (Å²) >= 11 is 0. The van der Waals surface area contributed by atoms with Crippen LogP contribution in [-0.4, -0.2) is 48.6 Å². The van der Waals surface area contributed by atoms with Crippen LogP contribution in [0.25, 0.3) is 0 Å². The fourth-order valence-corrected chi connectivity index (χ4v) is 2.96. The first-order chi connectivity index (χ1) is 7.24. The molecule has 90 valence electrons. The number of nitrogens with zero attached hydrogens (tertiary/aromatic N) is 2. The average Bonchev–Trinajstić information content (AvgIpc) is 2.30. The van der Waals surface area contributed by atoms with Crippen LogP contribution in [0.5, 0.6) is 0 Å². The highest BCUT2D eigenvalue weighted by Crippen LogP contribution is 2.26. The summed E-state index contributed by atoms with van der Waals surface area (Å²) in [7, 11) is 2.28. The first kappa shape index (κ1) is 13.0. The van der Waals surface area contributed by atoms with E-state index in [2.05, 4.69) is 37.6 Å². The molecule has 0 spiro atoms. The Kier molecular flexibility index (Phi) is 5.62. The number of rotatable bonds is 5. The number of hydrogen-bond acceptors (Lipinski definition) is 2. The maximum Gasteiger partial charge on any atom is 0.0251 e. The van der Waals surface area contributed by atoms with Crippen molar-refractivity contribution in [2.24, 2.45) is 0 Å². The minimum atomic E-state index is 0.795. The van der Waals surface area contributed by atoms with Crippen LogP contribution in [0.1, 0.15) is 46.5 Å². The van der Waals surface area contributed by atoms with Gasteiger partial charge in [0.05, 0.1) is 0 Å². The second-order valence-corrected chi connectivity index (χ2v) is 4.71. The normalized spacial score (nSPS) is 27.6. The third kappa shape index (κ3) is 3.18. The number of hydrogen-bond donors (Lipinski definition) is 0. The van der Waals surface area contributed by atoms with Gasteiger partial charge in [-0.05, 0) is 39.5 Å². The van der Waals surface area contributed by atoms with E-state index >= 15 is 0 Å². The molecule has 1 saturated carbocycles. The van der Waals surface area contributed by atoms with E-state index in [1.165, 1.54) is 45.3 Å². The van der Waals surface area contributed by atoms with Gasteiger partial charge in [0.2, 0.25) is 0 Å². The summed E-state index contributed by atoms with van der Waals surface area (Å²) in [4.78, 5) is 5.19. The molecule has 2 unspecified atom stereocenters. The molecule has 1 aliphatic carbocycles. The molecule has 0 aromatic heterocycles. The lowest BCUT2D eigenvalue weighted by Gasteiger charge is -2.43. The van der Waals surface area contributed by atoms with Crippen LogP contribution in [-0.2, 0) is 0 Å². The standard InChI is InChI=1S/C13H28N2/c1-5-14(4)12-10-8-9-11-13(12)15(6-2)7-3/h12-13H,5-11H2,1-4H3. The van der Waals surface area contributed by atoms with Crippen LogP contribution in [0.15, 0.2) is 0 Å². The van der Waals surface area contributed by atoms with E-state index in [4.69, 9.17) is 0 Å². The Morgan fingerprint density at radius 1 is 0.867 bits per heavy atom. The van der Waals surface area contributed by atoms with E-state index in [9.17, 15) is 0 Å². The highest BCUT2D eigenvalue weighted by molar-refractivity contribution is 4.88. The summed E-state index contributed by atoms with van der Waals surface area (Å²) < 4.78 is 0. The topological polar surface area (TPSA) is 6.48 Å². The van der Waals surface area contributed by atoms with Crippen LogP contribution in [0.3, 0.4) is 0 Å². The molecule has 0 saturated heterocycles. The van der Waals surface area contributed by atoms with Crippen molar-refractivity contribution in [2.45, 2.75) is 58.5 Å². The summed E-state index contributed by atoms with van der Waals surface area (Å²) in [5.74, 6) is 0. The lowest BCUT2D eigenvalue weighted by atomic mass is 9.88. The Balaban J connectivity index is 2.63. The molecule has 0 aromatic rings. The lowest BCUT2D eigenvalue weighted by molar-refractivity contribution is 0.0708. The Labute approximate surface area is 95.6 Å². The third-order valence-corrected chi connectivity index (χ3v) is 4.04. The first-order valence-electron chi connectivity index (χ1n) is 6.68. The molecule has 2 atom stereocenters. The van der Waals surface area contributed by atoms with Crippen molar-refractivity contribution in [3.05, 3.63) is 0 Å². The molecular weight excluding hydrogens is 184 g/mol. The van der Waals surface area contributed by atoms with Crippen molar-refractivity contribution < 1.29 is 0 Å². The van der Waals surface area contributed by atoms with Gasteiger partial charge in [-0.1, -0.05) is 33.6 Å². The Morgan fingerprint density at radius 3 is 1.87 bits per heavy atom. The fraction of sp³-hybridized carbons (Fsp3) is 1.00. The molecule has 0 N–H and O–H groups in total. The van der Waals surface area contributed by atoms with E-state index < -0.39 is 0 Å². The smallest absolute Gasteiger partial charge is 0.0251 e. The SMILES string of the molecule is CCN(C)C1CCCCC1N(CC)CC. The summed E-state index contributed by atoms with van der Waals surface area (Å²) in [5.41, 5.74) is 0. The van der Waals surface area contributed by atoms with E-state index in [1.807, 2.05) is 0 Å². The van der Waals surface area contributed by atoms with Crippen LogP contribution in [0, 0.1) is 0 Å². The van der Waals surface area contributed by atoms with Gasteiger partial charge in [0.25, 0.3) is 0 Å². The lowest BCUT2D eigenvalue weighted by Crippen LogP contribution is -2.52. The van der Waals surface area contributed by atoms with Crippen LogP contribution >= 0.6 is 0 Å². The van der Waals surface area contributed by atoms with Crippen LogP contribution in [0.2, 0.25) is 0 Å². The minimum absolute atomic E-state index is 0.795. The van der Waals surface area contributed by atoms with Gasteiger partial charge in [0.1, 0.15) is 0 Å². The Hall–Kier alpha value is -0.0800. The van der Waals surface area contributed by atoms with E-state index in [0.29, 0.717) is 0 Å². The zero-order chi connectivity index (χ0) is 11.3. The maximum atomic E-state index is 2.65. The zero-order valence-corrected chi connectivity index (χ0v) is 11.0. The first-order valence-corrected chi connectivity index (χ1v) is 6.68. The van der Waals surface area contributed by atoms with E-state index in [-0.39, 0.29) is 0 Å². The van der Waals surface area contributed by atoms with Gasteiger partial charge < -0.3 is 4.90 Å². The summed E-state index contributed by atoms with van der Waals surface area (Å²) in [6.07, 6.45) is 5.64. The van der Waals surface area contributed by atoms with Crippen molar-refractivity contribution in [1.82, 2.24) is 9.80 Å². The monoisotopic (exact) mass is 212 g/mol. The molecule has 0 bridgehead atoms. The molecule has 1 aliphatic rings. The number of likely N-dealkylation sites (N-methyl/N-ethyl adjacent to an activating group) is 2. The van der Waals surface area contributed by atoms with E-state index in [0.717, 1.165) is 12.1 Å². The minimum Gasteiger partial charge on any atom is -0.302 e. The molecule has 2 nitrogen and oxygen atoms in total. The molecule has 0 aliphatic heterocycles. The largest absolute Gasteiger partial charge is 0.302 e. The molecule has 0 aromatic carbocycles. The summed E-state index contributed by atoms with van der Waals surface area (Å²) in [5, 5.41) is 0. The van der Waals surface area contributed by atoms with Crippen molar-refractivity contribution in [2.75, 3.05) is 26.7 Å². The molecule has 0 radical (unpaired) electrons. The van der Waals surface area contributed by atoms with Gasteiger partial charge in [0.15, 0.2) is 0 Å². The molecule has 1 fully saturated rings. The predicted molar refractivity (Wildman–Crippen MR) is 67.3 cm³/mol. The summed E-state index contributed by atoms with van der Waals surface area (Å²) in [6, 6.07) is 1.60. The van der Waals surface area contributed by atoms with Gasteiger partial charge in [-0.2, -0.15) is 0 Å². The fourth-order valence-electron chi connectivity index (χ4n) is 2.96. The Bertz CT molecular complexity index is 166. The van der Waals surface area contributed by atoms with Gasteiger partial charge in [-0.3, -0.25) is 4.90 Å². The molecule has 1 rings (SSSR count). The average molecular weight is 212 g/mol. The molecule has 0 amide bonds. The van der Waals surface area contributed by atoms with Crippen LogP contribution < -0.4 is 0 Å². The maximum absolute atomic E-state index is 2.65. The zero-order valence-electron chi connectivity index (χ0n) is 11.0. The second-order valence-electron chi connectivity index (χ2n) is 4.71. The van der Waals surface area contributed by atoms with Crippen molar-refractivity contribution in [3.8, 4) is 0 Å². The predicted octanol–water partition coefficient (Wildman–Crippen LogP) is 2.59. The molecular formula is C13H28N2. The quantitative estimate of drug-likeness (QED) is 0.691. The third-order valence-electron chi connectivity index (χ3n) is 4.04. The van der Waals surface area contributed by atoms with Gasteiger partial charge in [-0.25, -0.2) is 0 Å². The van der Waals surface area contributed by atoms with E-state index in [1.54, 1.807) is 0 Å².